The predicted molar refractivity (Wildman–Crippen MR) is 59.9 cm³/mol. The first-order chi connectivity index (χ1) is 6.29. The van der Waals surface area contributed by atoms with Gasteiger partial charge in [0.15, 0.2) is 0 Å². The van der Waals surface area contributed by atoms with E-state index in [1.165, 1.54) is 63.4 Å². The molecule has 1 rings (SSSR count). The first-order valence-electron chi connectivity index (χ1n) is 5.93. The molecule has 0 N–H and O–H groups in total. The molecule has 0 heterocycles. The third kappa shape index (κ3) is 5.13. The fourth-order valence-electron chi connectivity index (χ4n) is 2.35. The van der Waals surface area contributed by atoms with Crippen LogP contribution < -0.4 is 0 Å². The summed E-state index contributed by atoms with van der Waals surface area (Å²) in [7, 11) is 0. The Morgan fingerprint density at radius 3 is 2.31 bits per heavy atom. The number of allylic oxidation sites excluding steroid dienone is 1. The molecule has 1 fully saturated rings. The second-order valence-electron chi connectivity index (χ2n) is 4.71. The van der Waals surface area contributed by atoms with Crippen molar-refractivity contribution in [2.45, 2.75) is 64.7 Å². The maximum absolute atomic E-state index is 3.96. The molecule has 0 saturated heterocycles. The molecular weight excluding hydrogens is 156 g/mol. The monoisotopic (exact) mass is 180 g/mol. The van der Waals surface area contributed by atoms with Gasteiger partial charge in [0.25, 0.3) is 0 Å². The van der Waals surface area contributed by atoms with Gasteiger partial charge in [0.1, 0.15) is 0 Å². The summed E-state index contributed by atoms with van der Waals surface area (Å²) in [6.07, 6.45) is 13.0. The van der Waals surface area contributed by atoms with Gasteiger partial charge in [-0.25, -0.2) is 0 Å². The molecular formula is C13H24. The first kappa shape index (κ1) is 10.8. The molecule has 0 heteroatoms. The molecule has 1 saturated carbocycles. The molecule has 0 radical (unpaired) electrons. The summed E-state index contributed by atoms with van der Waals surface area (Å²) in [5, 5.41) is 0. The highest BCUT2D eigenvalue weighted by atomic mass is 14.2. The summed E-state index contributed by atoms with van der Waals surface area (Å²) < 4.78 is 0. The normalized spacial score (nSPS) is 19.8. The molecule has 13 heavy (non-hydrogen) atoms. The van der Waals surface area contributed by atoms with Gasteiger partial charge in [0.2, 0.25) is 0 Å². The van der Waals surface area contributed by atoms with Crippen LogP contribution in [0.25, 0.3) is 0 Å². The lowest BCUT2D eigenvalue weighted by molar-refractivity contribution is 0.415. The average Bonchev–Trinajstić information content (AvgIpc) is 2.32. The molecule has 0 aliphatic heterocycles. The van der Waals surface area contributed by atoms with Gasteiger partial charge in [-0.1, -0.05) is 50.5 Å². The minimum absolute atomic E-state index is 1.04. The third-order valence-corrected chi connectivity index (χ3v) is 3.19. The Hall–Kier alpha value is -0.260. The van der Waals surface area contributed by atoms with E-state index in [1.807, 2.05) is 0 Å². The van der Waals surface area contributed by atoms with Gasteiger partial charge < -0.3 is 0 Å². The van der Waals surface area contributed by atoms with Crippen molar-refractivity contribution in [1.82, 2.24) is 0 Å². The molecule has 1 aliphatic rings. The van der Waals surface area contributed by atoms with Gasteiger partial charge >= 0.3 is 0 Å². The second kappa shape index (κ2) is 6.23. The summed E-state index contributed by atoms with van der Waals surface area (Å²) in [6, 6.07) is 0. The molecule has 0 unspecified atom stereocenters. The summed E-state index contributed by atoms with van der Waals surface area (Å²) in [6.45, 7) is 6.10. The quantitative estimate of drug-likeness (QED) is 0.434. The molecule has 76 valence electrons. The number of rotatable bonds is 4. The van der Waals surface area contributed by atoms with Crippen LogP contribution in [0.5, 0.6) is 0 Å². The van der Waals surface area contributed by atoms with Crippen LogP contribution in [0.4, 0.5) is 0 Å². The molecule has 0 spiro atoms. The van der Waals surface area contributed by atoms with Gasteiger partial charge in [0.05, 0.1) is 0 Å². The van der Waals surface area contributed by atoms with Crippen LogP contribution in [0.3, 0.4) is 0 Å². The van der Waals surface area contributed by atoms with Crippen molar-refractivity contribution in [3.63, 3.8) is 0 Å². The van der Waals surface area contributed by atoms with Crippen LogP contribution in [0, 0.1) is 5.92 Å². The average molecular weight is 180 g/mol. The van der Waals surface area contributed by atoms with Crippen LogP contribution in [-0.2, 0) is 0 Å². The van der Waals surface area contributed by atoms with E-state index in [0.717, 1.165) is 5.92 Å². The first-order valence-corrected chi connectivity index (χ1v) is 5.93. The Morgan fingerprint density at radius 1 is 1.15 bits per heavy atom. The standard InChI is InChI=1S/C13H24/c1-12(2)8-7-11-13-9-5-3-4-6-10-13/h13H,1,3-11H2,2H3. The molecule has 0 aromatic carbocycles. The highest BCUT2D eigenvalue weighted by Gasteiger charge is 2.11. The molecule has 0 aromatic rings. The summed E-state index contributed by atoms with van der Waals surface area (Å²) >= 11 is 0. The fourth-order valence-corrected chi connectivity index (χ4v) is 2.35. The Labute approximate surface area is 83.4 Å². The Bertz CT molecular complexity index is 138. The van der Waals surface area contributed by atoms with Gasteiger partial charge in [0, 0.05) is 0 Å². The van der Waals surface area contributed by atoms with Gasteiger partial charge in [-0.05, 0) is 25.7 Å². The molecule has 0 atom stereocenters. The smallest absolute Gasteiger partial charge is 0.0326 e. The van der Waals surface area contributed by atoms with Crippen LogP contribution in [-0.4, -0.2) is 0 Å². The Balaban J connectivity index is 2.08. The summed E-state index contributed by atoms with van der Waals surface area (Å²) in [5.41, 5.74) is 1.36. The summed E-state index contributed by atoms with van der Waals surface area (Å²) in [5.74, 6) is 1.04. The highest BCUT2D eigenvalue weighted by molar-refractivity contribution is 4.87. The van der Waals surface area contributed by atoms with E-state index < -0.39 is 0 Å². The van der Waals surface area contributed by atoms with Crippen molar-refractivity contribution < 1.29 is 0 Å². The summed E-state index contributed by atoms with van der Waals surface area (Å²) in [4.78, 5) is 0. The van der Waals surface area contributed by atoms with Crippen molar-refractivity contribution in [1.29, 1.82) is 0 Å². The van der Waals surface area contributed by atoms with Gasteiger partial charge in [-0.3, -0.25) is 0 Å². The Kier molecular flexibility index (Phi) is 5.19. The van der Waals surface area contributed by atoms with Gasteiger partial charge in [-0.2, -0.15) is 0 Å². The lowest BCUT2D eigenvalue weighted by Gasteiger charge is -2.13. The molecule has 0 bridgehead atoms. The van der Waals surface area contributed by atoms with Crippen LogP contribution in [0.2, 0.25) is 0 Å². The van der Waals surface area contributed by atoms with E-state index in [9.17, 15) is 0 Å². The van der Waals surface area contributed by atoms with Crippen molar-refractivity contribution in [2.24, 2.45) is 5.92 Å². The van der Waals surface area contributed by atoms with Crippen molar-refractivity contribution >= 4 is 0 Å². The second-order valence-corrected chi connectivity index (χ2v) is 4.71. The molecule has 0 aromatic heterocycles. The van der Waals surface area contributed by atoms with E-state index in [4.69, 9.17) is 0 Å². The maximum atomic E-state index is 3.96. The SMILES string of the molecule is C=C(C)CCCC1CCCCCC1. The highest BCUT2D eigenvalue weighted by Crippen LogP contribution is 2.27. The largest absolute Gasteiger partial charge is 0.100 e. The number of hydrogen-bond acceptors (Lipinski definition) is 0. The lowest BCUT2D eigenvalue weighted by Crippen LogP contribution is -1.98. The molecule has 0 amide bonds. The minimum Gasteiger partial charge on any atom is -0.100 e. The van der Waals surface area contributed by atoms with E-state index in [1.54, 1.807) is 0 Å². The maximum Gasteiger partial charge on any atom is -0.0326 e. The number of hydrogen-bond donors (Lipinski definition) is 0. The van der Waals surface area contributed by atoms with Crippen molar-refractivity contribution in [3.05, 3.63) is 12.2 Å². The van der Waals surface area contributed by atoms with E-state index >= 15 is 0 Å². The van der Waals surface area contributed by atoms with Crippen LogP contribution in [0.1, 0.15) is 64.7 Å². The van der Waals surface area contributed by atoms with Crippen molar-refractivity contribution in [2.75, 3.05) is 0 Å². The third-order valence-electron chi connectivity index (χ3n) is 3.19. The fraction of sp³-hybridized carbons (Fsp3) is 0.846. The van der Waals surface area contributed by atoms with Crippen LogP contribution in [0.15, 0.2) is 12.2 Å². The lowest BCUT2D eigenvalue weighted by atomic mass is 9.93. The Morgan fingerprint density at radius 2 is 1.77 bits per heavy atom. The molecule has 0 nitrogen and oxygen atoms in total. The van der Waals surface area contributed by atoms with E-state index in [0.29, 0.717) is 0 Å². The minimum atomic E-state index is 1.04. The van der Waals surface area contributed by atoms with E-state index in [2.05, 4.69) is 13.5 Å². The van der Waals surface area contributed by atoms with Crippen molar-refractivity contribution in [3.8, 4) is 0 Å². The zero-order valence-corrected chi connectivity index (χ0v) is 9.15. The zero-order chi connectivity index (χ0) is 9.52. The topological polar surface area (TPSA) is 0 Å². The predicted octanol–water partition coefficient (Wildman–Crippen LogP) is 4.70. The van der Waals surface area contributed by atoms with Gasteiger partial charge in [-0.15, -0.1) is 6.58 Å². The van der Waals surface area contributed by atoms with E-state index in [-0.39, 0.29) is 0 Å². The molecule has 1 aliphatic carbocycles. The zero-order valence-electron chi connectivity index (χ0n) is 9.15. The van der Waals surface area contributed by atoms with Crippen LogP contribution >= 0.6 is 0 Å².